The number of carbonyl (C=O) groups is 1. The first-order chi connectivity index (χ1) is 7.06. The second-order valence-electron chi connectivity index (χ2n) is 4.52. The third-order valence-electron chi connectivity index (χ3n) is 2.94. The fourth-order valence-corrected chi connectivity index (χ4v) is 1.60. The van der Waals surface area contributed by atoms with Crippen LogP contribution in [0.2, 0.25) is 0 Å². The molecule has 1 aliphatic rings. The predicted octanol–water partition coefficient (Wildman–Crippen LogP) is 0.310. The first kappa shape index (κ1) is 12.5. The molecule has 0 atom stereocenters. The van der Waals surface area contributed by atoms with Crippen LogP contribution in [0.15, 0.2) is 0 Å². The molecule has 15 heavy (non-hydrogen) atoms. The molecule has 0 radical (unpaired) electrons. The molecule has 0 aliphatic heterocycles. The van der Waals surface area contributed by atoms with Crippen LogP contribution >= 0.6 is 0 Å². The topological polar surface area (TPSA) is 43.8 Å². The van der Waals surface area contributed by atoms with Crippen LogP contribution in [0.5, 0.6) is 0 Å². The summed E-state index contributed by atoms with van der Waals surface area (Å²) in [7, 11) is 1.87. The molecule has 88 valence electrons. The van der Waals surface area contributed by atoms with Gasteiger partial charge in [0.2, 0.25) is 5.91 Å². The SMILES string of the molecule is CC(C)N(CCO)CC(=O)N(C)C1CC1. The molecule has 1 amide bonds. The van der Waals surface area contributed by atoms with Crippen molar-refractivity contribution in [2.24, 2.45) is 0 Å². The molecular formula is C11H22N2O2. The van der Waals surface area contributed by atoms with Crippen LogP contribution in [0.1, 0.15) is 26.7 Å². The number of aliphatic hydroxyl groups is 1. The minimum Gasteiger partial charge on any atom is -0.395 e. The molecule has 1 saturated carbocycles. The zero-order valence-corrected chi connectivity index (χ0v) is 9.94. The highest BCUT2D eigenvalue weighted by Gasteiger charge is 2.30. The second-order valence-corrected chi connectivity index (χ2v) is 4.52. The Kier molecular flexibility index (Phi) is 4.54. The number of hydrogen-bond donors (Lipinski definition) is 1. The average Bonchev–Trinajstić information content (AvgIpc) is 2.98. The zero-order valence-electron chi connectivity index (χ0n) is 9.94. The van der Waals surface area contributed by atoms with Gasteiger partial charge >= 0.3 is 0 Å². The third kappa shape index (κ3) is 3.80. The van der Waals surface area contributed by atoms with Gasteiger partial charge in [-0.3, -0.25) is 9.69 Å². The Balaban J connectivity index is 2.38. The molecule has 0 heterocycles. The van der Waals surface area contributed by atoms with E-state index in [4.69, 9.17) is 5.11 Å². The zero-order chi connectivity index (χ0) is 11.4. The van der Waals surface area contributed by atoms with Crippen LogP contribution < -0.4 is 0 Å². The number of likely N-dealkylation sites (N-methyl/N-ethyl adjacent to an activating group) is 1. The maximum atomic E-state index is 11.8. The summed E-state index contributed by atoms with van der Waals surface area (Å²) < 4.78 is 0. The van der Waals surface area contributed by atoms with Crippen molar-refractivity contribution in [2.45, 2.75) is 38.8 Å². The van der Waals surface area contributed by atoms with E-state index in [1.807, 2.05) is 30.7 Å². The van der Waals surface area contributed by atoms with Crippen LogP contribution in [-0.2, 0) is 4.79 Å². The minimum atomic E-state index is 0.110. The second kappa shape index (κ2) is 5.47. The normalized spacial score (nSPS) is 16.1. The maximum Gasteiger partial charge on any atom is 0.236 e. The van der Waals surface area contributed by atoms with Gasteiger partial charge in [-0.1, -0.05) is 0 Å². The highest BCUT2D eigenvalue weighted by Crippen LogP contribution is 2.25. The first-order valence-electron chi connectivity index (χ1n) is 5.66. The molecule has 0 bridgehead atoms. The van der Waals surface area contributed by atoms with Gasteiger partial charge in [-0.2, -0.15) is 0 Å². The average molecular weight is 214 g/mol. The number of hydrogen-bond acceptors (Lipinski definition) is 3. The van der Waals surface area contributed by atoms with E-state index in [2.05, 4.69) is 0 Å². The molecule has 0 aromatic carbocycles. The van der Waals surface area contributed by atoms with Crippen molar-refractivity contribution in [3.63, 3.8) is 0 Å². The lowest BCUT2D eigenvalue weighted by Gasteiger charge is -2.27. The summed E-state index contributed by atoms with van der Waals surface area (Å²) in [6.07, 6.45) is 2.29. The van der Waals surface area contributed by atoms with Gasteiger partial charge < -0.3 is 10.0 Å². The van der Waals surface area contributed by atoms with Gasteiger partial charge in [0.05, 0.1) is 13.2 Å². The Hall–Kier alpha value is -0.610. The van der Waals surface area contributed by atoms with Crippen LogP contribution in [0.4, 0.5) is 0 Å². The molecule has 1 aliphatic carbocycles. The standard InChI is InChI=1S/C11H22N2O2/c1-9(2)13(6-7-14)8-11(15)12(3)10-4-5-10/h9-10,14H,4-8H2,1-3H3. The number of aliphatic hydroxyl groups excluding tert-OH is 1. The summed E-state index contributed by atoms with van der Waals surface area (Å²) in [5.74, 6) is 0.166. The fraction of sp³-hybridized carbons (Fsp3) is 0.909. The highest BCUT2D eigenvalue weighted by atomic mass is 16.3. The molecule has 4 heteroatoms. The summed E-state index contributed by atoms with van der Waals surface area (Å²) in [6.45, 7) is 5.19. The maximum absolute atomic E-state index is 11.8. The van der Waals surface area contributed by atoms with Gasteiger partial charge in [0.25, 0.3) is 0 Å². The summed E-state index contributed by atoms with van der Waals surface area (Å²) in [5.41, 5.74) is 0. The van der Waals surface area contributed by atoms with E-state index in [1.54, 1.807) is 0 Å². The molecule has 1 N–H and O–H groups in total. The summed E-state index contributed by atoms with van der Waals surface area (Å²) in [6, 6.07) is 0.773. The largest absolute Gasteiger partial charge is 0.395 e. The van der Waals surface area contributed by atoms with Crippen LogP contribution in [0, 0.1) is 0 Å². The van der Waals surface area contributed by atoms with E-state index < -0.39 is 0 Å². The Morgan fingerprint density at radius 2 is 2.07 bits per heavy atom. The lowest BCUT2D eigenvalue weighted by atomic mass is 10.3. The van der Waals surface area contributed by atoms with Crippen LogP contribution in [0.25, 0.3) is 0 Å². The molecule has 0 spiro atoms. The Bertz CT molecular complexity index is 215. The van der Waals surface area contributed by atoms with Crippen molar-refractivity contribution in [1.82, 2.24) is 9.80 Å². The van der Waals surface area contributed by atoms with E-state index in [-0.39, 0.29) is 12.5 Å². The van der Waals surface area contributed by atoms with Gasteiger partial charge in [-0.15, -0.1) is 0 Å². The molecule has 1 rings (SSSR count). The lowest BCUT2D eigenvalue weighted by Crippen LogP contribution is -2.43. The quantitative estimate of drug-likeness (QED) is 0.692. The van der Waals surface area contributed by atoms with E-state index >= 15 is 0 Å². The van der Waals surface area contributed by atoms with Crippen molar-refractivity contribution in [3.05, 3.63) is 0 Å². The summed E-state index contributed by atoms with van der Waals surface area (Å²) >= 11 is 0. The van der Waals surface area contributed by atoms with E-state index in [0.29, 0.717) is 25.2 Å². The van der Waals surface area contributed by atoms with Gasteiger partial charge in [-0.05, 0) is 26.7 Å². The monoisotopic (exact) mass is 214 g/mol. The van der Waals surface area contributed by atoms with E-state index in [1.165, 1.54) is 0 Å². The Morgan fingerprint density at radius 3 is 2.47 bits per heavy atom. The fourth-order valence-electron chi connectivity index (χ4n) is 1.60. The third-order valence-corrected chi connectivity index (χ3v) is 2.94. The van der Waals surface area contributed by atoms with Gasteiger partial charge in [0, 0.05) is 25.7 Å². The van der Waals surface area contributed by atoms with Crippen LogP contribution in [0.3, 0.4) is 0 Å². The molecule has 0 aromatic heterocycles. The van der Waals surface area contributed by atoms with Crippen molar-refractivity contribution < 1.29 is 9.90 Å². The summed E-state index contributed by atoms with van der Waals surface area (Å²) in [4.78, 5) is 15.7. The molecule has 1 fully saturated rings. The van der Waals surface area contributed by atoms with Crippen LogP contribution in [-0.4, -0.2) is 59.6 Å². The number of rotatable bonds is 6. The minimum absolute atomic E-state index is 0.110. The number of nitrogens with zero attached hydrogens (tertiary/aromatic N) is 2. The smallest absolute Gasteiger partial charge is 0.236 e. The Labute approximate surface area is 91.9 Å². The van der Waals surface area contributed by atoms with E-state index in [9.17, 15) is 4.79 Å². The van der Waals surface area contributed by atoms with Crippen molar-refractivity contribution in [3.8, 4) is 0 Å². The van der Waals surface area contributed by atoms with Crippen molar-refractivity contribution in [1.29, 1.82) is 0 Å². The molecule has 4 nitrogen and oxygen atoms in total. The first-order valence-corrected chi connectivity index (χ1v) is 5.66. The molecule has 0 unspecified atom stereocenters. The van der Waals surface area contributed by atoms with Crippen molar-refractivity contribution >= 4 is 5.91 Å². The Morgan fingerprint density at radius 1 is 1.47 bits per heavy atom. The van der Waals surface area contributed by atoms with Gasteiger partial charge in [0.15, 0.2) is 0 Å². The van der Waals surface area contributed by atoms with Gasteiger partial charge in [-0.25, -0.2) is 0 Å². The number of amides is 1. The van der Waals surface area contributed by atoms with Gasteiger partial charge in [0.1, 0.15) is 0 Å². The molecular weight excluding hydrogens is 192 g/mol. The lowest BCUT2D eigenvalue weighted by molar-refractivity contribution is -0.132. The predicted molar refractivity (Wildman–Crippen MR) is 59.6 cm³/mol. The number of carbonyl (C=O) groups excluding carboxylic acids is 1. The molecule has 0 aromatic rings. The highest BCUT2D eigenvalue weighted by molar-refractivity contribution is 5.78. The van der Waals surface area contributed by atoms with Crippen molar-refractivity contribution in [2.75, 3.05) is 26.7 Å². The molecule has 0 saturated heterocycles. The summed E-state index contributed by atoms with van der Waals surface area (Å²) in [5, 5.41) is 8.89. The van der Waals surface area contributed by atoms with E-state index in [0.717, 1.165) is 12.8 Å².